The van der Waals surface area contributed by atoms with Gasteiger partial charge in [0, 0.05) is 25.0 Å². The van der Waals surface area contributed by atoms with Crippen LogP contribution in [0.4, 0.5) is 20.7 Å². The van der Waals surface area contributed by atoms with Crippen LogP contribution in [0.3, 0.4) is 0 Å². The Morgan fingerprint density at radius 3 is 2.68 bits per heavy atom. The van der Waals surface area contributed by atoms with Crippen LogP contribution in [0.1, 0.15) is 35.7 Å². The zero-order chi connectivity index (χ0) is 22.0. The molecule has 3 N–H and O–H groups in total. The van der Waals surface area contributed by atoms with Gasteiger partial charge in [-0.2, -0.15) is 10.4 Å². The van der Waals surface area contributed by atoms with E-state index in [-0.39, 0.29) is 29.8 Å². The van der Waals surface area contributed by atoms with Crippen LogP contribution in [0.2, 0.25) is 0 Å². The molecule has 1 saturated heterocycles. The number of primary amides is 1. The number of carbonyl (C=O) groups excluding carboxylic acids is 2. The third kappa shape index (κ3) is 4.77. The maximum atomic E-state index is 13.2. The van der Waals surface area contributed by atoms with E-state index in [0.29, 0.717) is 31.2 Å². The number of nitriles is 1. The molecule has 2 aromatic rings. The van der Waals surface area contributed by atoms with Gasteiger partial charge in [0.1, 0.15) is 11.4 Å². The van der Waals surface area contributed by atoms with Gasteiger partial charge in [0.2, 0.25) is 0 Å². The monoisotopic (exact) mass is 426 g/mol. The zero-order valence-electron chi connectivity index (χ0n) is 16.8. The number of hydrogen-bond acceptors (Lipinski definition) is 6. The van der Waals surface area contributed by atoms with Crippen molar-refractivity contribution in [2.45, 2.75) is 25.3 Å². The second-order valence-electron chi connectivity index (χ2n) is 7.93. The minimum atomic E-state index is -0.676. The number of nitrogens with one attached hydrogen (secondary N) is 1. The van der Waals surface area contributed by atoms with Gasteiger partial charge in [-0.15, -0.1) is 0 Å². The van der Waals surface area contributed by atoms with Gasteiger partial charge in [0.15, 0.2) is 5.82 Å². The summed E-state index contributed by atoms with van der Waals surface area (Å²) in [5, 5.41) is 17.1. The summed E-state index contributed by atoms with van der Waals surface area (Å²) in [6.45, 7) is 1.06. The fraction of sp³-hybridized carbons (Fsp3) is 0.429. The maximum Gasteiger partial charge on any atom is 0.409 e. The summed E-state index contributed by atoms with van der Waals surface area (Å²) in [4.78, 5) is 25.7. The van der Waals surface area contributed by atoms with Crippen molar-refractivity contribution in [3.8, 4) is 6.07 Å². The minimum Gasteiger partial charge on any atom is -0.449 e. The first-order valence-corrected chi connectivity index (χ1v) is 10.2. The van der Waals surface area contributed by atoms with Crippen molar-refractivity contribution in [1.29, 1.82) is 5.26 Å². The van der Waals surface area contributed by atoms with Gasteiger partial charge in [-0.1, -0.05) is 0 Å². The average molecular weight is 426 g/mol. The first kappa shape index (κ1) is 20.7. The molecular formula is C21H23FN6O3. The van der Waals surface area contributed by atoms with Crippen molar-refractivity contribution < 1.29 is 18.7 Å². The van der Waals surface area contributed by atoms with Gasteiger partial charge in [0.05, 0.1) is 24.6 Å². The molecular weight excluding hydrogens is 403 g/mol. The lowest BCUT2D eigenvalue weighted by Gasteiger charge is -2.34. The third-order valence-corrected chi connectivity index (χ3v) is 5.58. The standard InChI is InChI=1S/C21H23FN6O3/c22-15-3-5-16(6-4-15)25-20-17(19(24)29)11-28(26-20)18-7-8-27(10-14(18)9-23)21(30)31-12-13-1-2-13/h3-6,11,13-14,18H,1-2,7-8,10,12H2,(H2,24,29)(H,25,26)/t14-,18-/m0/s1. The van der Waals surface area contributed by atoms with Crippen molar-refractivity contribution in [3.63, 3.8) is 0 Å². The first-order valence-electron chi connectivity index (χ1n) is 10.2. The predicted octanol–water partition coefficient (Wildman–Crippen LogP) is 2.80. The number of carbonyl (C=O) groups is 2. The molecule has 9 nitrogen and oxygen atoms in total. The topological polar surface area (TPSA) is 126 Å². The Morgan fingerprint density at radius 2 is 2.03 bits per heavy atom. The lowest BCUT2D eigenvalue weighted by Crippen LogP contribution is -2.44. The van der Waals surface area contributed by atoms with Crippen LogP contribution in [0.25, 0.3) is 0 Å². The quantitative estimate of drug-likeness (QED) is 0.731. The van der Waals surface area contributed by atoms with Crippen LogP contribution in [0.5, 0.6) is 0 Å². The minimum absolute atomic E-state index is 0.160. The van der Waals surface area contributed by atoms with E-state index in [1.165, 1.54) is 30.5 Å². The highest BCUT2D eigenvalue weighted by molar-refractivity contribution is 5.98. The van der Waals surface area contributed by atoms with Crippen molar-refractivity contribution in [2.75, 3.05) is 25.0 Å². The van der Waals surface area contributed by atoms with Crippen LogP contribution >= 0.6 is 0 Å². The smallest absolute Gasteiger partial charge is 0.409 e. The lowest BCUT2D eigenvalue weighted by molar-refractivity contribution is 0.0749. The molecule has 0 unspecified atom stereocenters. The number of nitrogens with two attached hydrogens (primary N) is 1. The highest BCUT2D eigenvalue weighted by Crippen LogP contribution is 2.32. The zero-order valence-corrected chi connectivity index (χ0v) is 16.8. The maximum absolute atomic E-state index is 13.2. The number of anilines is 2. The third-order valence-electron chi connectivity index (χ3n) is 5.58. The van der Waals surface area contributed by atoms with Gasteiger partial charge in [-0.25, -0.2) is 9.18 Å². The van der Waals surface area contributed by atoms with E-state index in [0.717, 1.165) is 12.8 Å². The van der Waals surface area contributed by atoms with E-state index >= 15 is 0 Å². The number of piperidine rings is 1. The molecule has 1 aromatic carbocycles. The van der Waals surface area contributed by atoms with E-state index in [4.69, 9.17) is 10.5 Å². The first-order chi connectivity index (χ1) is 14.9. The molecule has 0 bridgehead atoms. The second kappa shape index (κ2) is 8.63. The van der Waals surface area contributed by atoms with Crippen molar-refractivity contribution in [3.05, 3.63) is 41.8 Å². The second-order valence-corrected chi connectivity index (χ2v) is 7.93. The van der Waals surface area contributed by atoms with E-state index < -0.39 is 17.9 Å². The number of likely N-dealkylation sites (tertiary alicyclic amines) is 1. The lowest BCUT2D eigenvalue weighted by atomic mass is 9.94. The van der Waals surface area contributed by atoms with Crippen molar-refractivity contribution >= 4 is 23.5 Å². The van der Waals surface area contributed by atoms with E-state index in [1.807, 2.05) is 0 Å². The van der Waals surface area contributed by atoms with Gasteiger partial charge >= 0.3 is 6.09 Å². The Balaban J connectivity index is 1.49. The number of halogens is 1. The molecule has 2 atom stereocenters. The van der Waals surface area contributed by atoms with Gasteiger partial charge in [-0.05, 0) is 49.4 Å². The molecule has 10 heteroatoms. The van der Waals surface area contributed by atoms with Gasteiger partial charge in [0.25, 0.3) is 5.91 Å². The molecule has 31 heavy (non-hydrogen) atoms. The number of amides is 2. The molecule has 2 heterocycles. The molecule has 2 fully saturated rings. The summed E-state index contributed by atoms with van der Waals surface area (Å²) < 4.78 is 20.0. The molecule has 1 saturated carbocycles. The highest BCUT2D eigenvalue weighted by Gasteiger charge is 2.35. The van der Waals surface area contributed by atoms with E-state index in [2.05, 4.69) is 16.5 Å². The highest BCUT2D eigenvalue weighted by atomic mass is 19.1. The fourth-order valence-corrected chi connectivity index (χ4v) is 3.62. The molecule has 0 radical (unpaired) electrons. The molecule has 1 aromatic heterocycles. The summed E-state index contributed by atoms with van der Waals surface area (Å²) in [6, 6.07) is 7.51. The summed E-state index contributed by atoms with van der Waals surface area (Å²) in [5.74, 6) is -0.892. The molecule has 162 valence electrons. The molecule has 4 rings (SSSR count). The molecule has 2 amide bonds. The number of aromatic nitrogens is 2. The normalized spacial score (nSPS) is 20.7. The van der Waals surface area contributed by atoms with E-state index in [9.17, 15) is 19.2 Å². The van der Waals surface area contributed by atoms with Crippen LogP contribution in [-0.2, 0) is 4.74 Å². The molecule has 1 aliphatic carbocycles. The van der Waals surface area contributed by atoms with Crippen LogP contribution in [0, 0.1) is 29.0 Å². The van der Waals surface area contributed by atoms with Crippen molar-refractivity contribution in [2.24, 2.45) is 17.6 Å². The summed E-state index contributed by atoms with van der Waals surface area (Å²) >= 11 is 0. The van der Waals surface area contributed by atoms with E-state index in [1.54, 1.807) is 9.58 Å². The number of nitrogens with zero attached hydrogens (tertiary/aromatic N) is 4. The number of hydrogen-bond donors (Lipinski definition) is 2. The Kier molecular flexibility index (Phi) is 5.75. The molecule has 0 spiro atoms. The summed E-state index contributed by atoms with van der Waals surface area (Å²) in [7, 11) is 0. The van der Waals surface area contributed by atoms with Crippen molar-refractivity contribution in [1.82, 2.24) is 14.7 Å². The Labute approximate surface area is 178 Å². The Hall–Kier alpha value is -3.61. The van der Waals surface area contributed by atoms with Crippen LogP contribution in [0.15, 0.2) is 30.5 Å². The average Bonchev–Trinajstić information content (AvgIpc) is 3.51. The summed E-state index contributed by atoms with van der Waals surface area (Å²) in [6.07, 6.45) is 3.76. The Morgan fingerprint density at radius 1 is 1.29 bits per heavy atom. The van der Waals surface area contributed by atoms with Crippen LogP contribution < -0.4 is 11.1 Å². The largest absolute Gasteiger partial charge is 0.449 e. The van der Waals surface area contributed by atoms with Crippen LogP contribution in [-0.4, -0.2) is 46.4 Å². The SMILES string of the molecule is N#C[C@H]1CN(C(=O)OCC2CC2)CC[C@@H]1n1cc(C(N)=O)c(Nc2ccc(F)cc2)n1. The predicted molar refractivity (Wildman–Crippen MR) is 109 cm³/mol. The molecule has 2 aliphatic rings. The number of benzene rings is 1. The Bertz CT molecular complexity index is 1010. The number of rotatable bonds is 6. The molecule has 1 aliphatic heterocycles. The van der Waals surface area contributed by atoms with Gasteiger partial charge < -0.3 is 20.7 Å². The fourth-order valence-electron chi connectivity index (χ4n) is 3.62. The number of ether oxygens (including phenoxy) is 1. The van der Waals surface area contributed by atoms with Gasteiger partial charge in [-0.3, -0.25) is 9.48 Å². The summed E-state index contributed by atoms with van der Waals surface area (Å²) in [5.41, 5.74) is 6.20.